The van der Waals surface area contributed by atoms with Crippen molar-refractivity contribution < 1.29 is 19.1 Å². The highest BCUT2D eigenvalue weighted by Gasteiger charge is 2.19. The number of aryl methyl sites for hydroxylation is 1. The Bertz CT molecular complexity index is 1010. The molecule has 0 fully saturated rings. The van der Waals surface area contributed by atoms with Crippen molar-refractivity contribution in [2.45, 2.75) is 32.3 Å². The van der Waals surface area contributed by atoms with Crippen molar-refractivity contribution in [1.82, 2.24) is 4.98 Å². The Balaban J connectivity index is 1.48. The topological polar surface area (TPSA) is 80.4 Å². The molecule has 0 aliphatic rings. The fraction of sp³-hybridized carbons (Fsp3) is 0.273. The Morgan fingerprint density at radius 1 is 1.21 bits per heavy atom. The minimum absolute atomic E-state index is 0.234. The van der Waals surface area contributed by atoms with E-state index in [4.69, 9.17) is 21.1 Å². The van der Waals surface area contributed by atoms with Gasteiger partial charge in [-0.3, -0.25) is 9.59 Å². The number of amides is 1. The first-order valence-electron chi connectivity index (χ1n) is 9.37. The maximum absolute atomic E-state index is 12.3. The highest BCUT2D eigenvalue weighted by Crippen LogP contribution is 2.28. The summed E-state index contributed by atoms with van der Waals surface area (Å²) in [7, 11) is 1.50. The predicted octanol–water partition coefficient (Wildman–Crippen LogP) is 4.72. The van der Waals surface area contributed by atoms with Gasteiger partial charge < -0.3 is 19.8 Å². The summed E-state index contributed by atoms with van der Waals surface area (Å²) < 4.78 is 10.5. The Hall–Kier alpha value is -2.99. The molecule has 1 atom stereocenters. The lowest BCUT2D eigenvalue weighted by Gasteiger charge is -2.15. The van der Waals surface area contributed by atoms with Gasteiger partial charge in [0.1, 0.15) is 5.75 Å². The van der Waals surface area contributed by atoms with E-state index in [2.05, 4.69) is 16.4 Å². The fourth-order valence-electron chi connectivity index (χ4n) is 3.08. The lowest BCUT2D eigenvalue weighted by Crippen LogP contribution is -2.30. The molecule has 1 amide bonds. The number of hydrogen-bond acceptors (Lipinski definition) is 4. The molecule has 1 unspecified atom stereocenters. The van der Waals surface area contributed by atoms with Gasteiger partial charge in [0, 0.05) is 28.5 Å². The molecule has 3 rings (SSSR count). The van der Waals surface area contributed by atoms with E-state index in [-0.39, 0.29) is 6.42 Å². The van der Waals surface area contributed by atoms with Gasteiger partial charge in [0.2, 0.25) is 0 Å². The maximum Gasteiger partial charge on any atom is 0.306 e. The zero-order valence-electron chi connectivity index (χ0n) is 16.3. The number of esters is 1. The molecular weight excluding hydrogens is 392 g/mol. The van der Waals surface area contributed by atoms with Crippen LogP contribution in [0.1, 0.15) is 25.3 Å². The van der Waals surface area contributed by atoms with Crippen molar-refractivity contribution in [3.63, 3.8) is 0 Å². The van der Waals surface area contributed by atoms with E-state index in [0.717, 1.165) is 22.9 Å². The van der Waals surface area contributed by atoms with Gasteiger partial charge in [-0.1, -0.05) is 29.8 Å². The van der Waals surface area contributed by atoms with E-state index >= 15 is 0 Å². The van der Waals surface area contributed by atoms with Crippen LogP contribution in [-0.4, -0.2) is 30.1 Å². The van der Waals surface area contributed by atoms with Gasteiger partial charge >= 0.3 is 5.97 Å². The number of carbonyl (C=O) groups is 2. The molecule has 29 heavy (non-hydrogen) atoms. The third-order valence-corrected chi connectivity index (χ3v) is 4.83. The van der Waals surface area contributed by atoms with Gasteiger partial charge in [0.15, 0.2) is 6.10 Å². The molecule has 0 bridgehead atoms. The van der Waals surface area contributed by atoms with Crippen LogP contribution in [0.3, 0.4) is 0 Å². The number of halogens is 1. The molecule has 0 saturated heterocycles. The molecular formula is C22H23ClN2O4. The number of fused-ring (bicyclic) bond motifs is 1. The Morgan fingerprint density at radius 2 is 2.00 bits per heavy atom. The summed E-state index contributed by atoms with van der Waals surface area (Å²) in [5.74, 6) is -0.388. The largest absolute Gasteiger partial charge is 0.495 e. The minimum atomic E-state index is -0.931. The number of ether oxygens (including phenoxy) is 2. The van der Waals surface area contributed by atoms with Crippen molar-refractivity contribution >= 4 is 40.1 Å². The summed E-state index contributed by atoms with van der Waals surface area (Å²) in [5.41, 5.74) is 2.66. The zero-order chi connectivity index (χ0) is 20.8. The zero-order valence-corrected chi connectivity index (χ0v) is 17.1. The summed E-state index contributed by atoms with van der Waals surface area (Å²) in [4.78, 5) is 27.7. The Kier molecular flexibility index (Phi) is 6.77. The van der Waals surface area contributed by atoms with Crippen LogP contribution < -0.4 is 10.1 Å². The number of hydrogen-bond donors (Lipinski definition) is 2. The molecule has 3 aromatic rings. The third-order valence-electron chi connectivity index (χ3n) is 4.60. The van der Waals surface area contributed by atoms with Crippen LogP contribution in [0.5, 0.6) is 5.75 Å². The van der Waals surface area contributed by atoms with Crippen LogP contribution >= 0.6 is 11.6 Å². The highest BCUT2D eigenvalue weighted by molar-refractivity contribution is 6.31. The van der Waals surface area contributed by atoms with Crippen LogP contribution in [0.4, 0.5) is 5.69 Å². The molecule has 1 aromatic heterocycles. The van der Waals surface area contributed by atoms with Crippen LogP contribution in [0.2, 0.25) is 5.02 Å². The van der Waals surface area contributed by atoms with Crippen molar-refractivity contribution in [3.05, 3.63) is 59.2 Å². The number of nitrogens with one attached hydrogen (secondary N) is 2. The normalized spacial score (nSPS) is 11.8. The van der Waals surface area contributed by atoms with E-state index < -0.39 is 18.0 Å². The summed E-state index contributed by atoms with van der Waals surface area (Å²) >= 11 is 5.96. The van der Waals surface area contributed by atoms with Crippen LogP contribution in [0, 0.1) is 0 Å². The van der Waals surface area contributed by atoms with E-state index in [0.29, 0.717) is 22.9 Å². The monoisotopic (exact) mass is 414 g/mol. The smallest absolute Gasteiger partial charge is 0.306 e. The number of aromatic nitrogens is 1. The second kappa shape index (κ2) is 9.47. The average Bonchev–Trinajstić information content (AvgIpc) is 3.11. The summed E-state index contributed by atoms with van der Waals surface area (Å²) in [6, 6.07) is 12.9. The lowest BCUT2D eigenvalue weighted by molar-refractivity contribution is -0.153. The van der Waals surface area contributed by atoms with Gasteiger partial charge in [-0.2, -0.15) is 0 Å². The number of rotatable bonds is 8. The summed E-state index contributed by atoms with van der Waals surface area (Å²) in [6.07, 6.45) is 2.65. The molecule has 2 N–H and O–H groups in total. The van der Waals surface area contributed by atoms with E-state index in [1.807, 2.05) is 24.4 Å². The first kappa shape index (κ1) is 20.7. The second-order valence-corrected chi connectivity index (χ2v) is 7.12. The molecule has 0 aliphatic carbocycles. The van der Waals surface area contributed by atoms with Gasteiger partial charge in [0.05, 0.1) is 12.8 Å². The van der Waals surface area contributed by atoms with Gasteiger partial charge in [-0.05, 0) is 49.6 Å². The van der Waals surface area contributed by atoms with Gasteiger partial charge in [0.25, 0.3) is 5.91 Å². The SMILES string of the molecule is COc1ccc(Cl)cc1NC(=O)C(C)OC(=O)CCCc1c[nH]c2ccccc12. The predicted molar refractivity (Wildman–Crippen MR) is 113 cm³/mol. The molecule has 2 aromatic carbocycles. The number of aromatic amines is 1. The highest BCUT2D eigenvalue weighted by atomic mass is 35.5. The number of benzene rings is 2. The molecule has 0 radical (unpaired) electrons. The van der Waals surface area contributed by atoms with Crippen LogP contribution in [-0.2, 0) is 20.7 Å². The number of para-hydroxylation sites is 1. The molecule has 0 aliphatic heterocycles. The molecule has 6 nitrogen and oxygen atoms in total. The molecule has 0 spiro atoms. The summed E-state index contributed by atoms with van der Waals surface area (Å²) in [6.45, 7) is 1.53. The first-order chi connectivity index (χ1) is 14.0. The standard InChI is InChI=1S/C22H23ClN2O4/c1-14(22(27)25-19-12-16(23)10-11-20(19)28-2)29-21(26)9-5-6-15-13-24-18-8-4-3-7-17(15)18/h3-4,7-8,10-14,24H,5-6,9H2,1-2H3,(H,25,27). The molecule has 1 heterocycles. The minimum Gasteiger partial charge on any atom is -0.495 e. The molecule has 7 heteroatoms. The van der Waals surface area contributed by atoms with Gasteiger partial charge in [-0.15, -0.1) is 0 Å². The lowest BCUT2D eigenvalue weighted by atomic mass is 10.1. The third kappa shape index (κ3) is 5.29. The fourth-order valence-corrected chi connectivity index (χ4v) is 3.26. The number of anilines is 1. The van der Waals surface area contributed by atoms with Crippen LogP contribution in [0.15, 0.2) is 48.7 Å². The van der Waals surface area contributed by atoms with Crippen molar-refractivity contribution in [3.8, 4) is 5.75 Å². The van der Waals surface area contributed by atoms with Gasteiger partial charge in [-0.25, -0.2) is 0 Å². The average molecular weight is 415 g/mol. The molecule has 152 valence electrons. The van der Waals surface area contributed by atoms with E-state index in [9.17, 15) is 9.59 Å². The quantitative estimate of drug-likeness (QED) is 0.522. The first-order valence-corrected chi connectivity index (χ1v) is 9.74. The van der Waals surface area contributed by atoms with E-state index in [1.165, 1.54) is 14.0 Å². The van der Waals surface area contributed by atoms with Crippen molar-refractivity contribution in [1.29, 1.82) is 0 Å². The molecule has 0 saturated carbocycles. The number of H-pyrrole nitrogens is 1. The second-order valence-electron chi connectivity index (χ2n) is 6.68. The number of carbonyl (C=O) groups excluding carboxylic acids is 2. The Labute approximate surface area is 174 Å². The maximum atomic E-state index is 12.3. The van der Waals surface area contributed by atoms with E-state index in [1.54, 1.807) is 18.2 Å². The summed E-state index contributed by atoms with van der Waals surface area (Å²) in [5, 5.41) is 4.29. The van der Waals surface area contributed by atoms with Crippen LogP contribution in [0.25, 0.3) is 10.9 Å². The Morgan fingerprint density at radius 3 is 2.79 bits per heavy atom. The van der Waals surface area contributed by atoms with Crippen molar-refractivity contribution in [2.75, 3.05) is 12.4 Å². The van der Waals surface area contributed by atoms with Crippen molar-refractivity contribution in [2.24, 2.45) is 0 Å². The number of methoxy groups -OCH3 is 1.